The fraction of sp³-hybridized carbons (Fsp3) is 0.478. The minimum Gasteiger partial charge on any atom is -0.484 e. The summed E-state index contributed by atoms with van der Waals surface area (Å²) in [4.78, 5) is 21.1. The van der Waals surface area contributed by atoms with Crippen molar-refractivity contribution in [3.05, 3.63) is 53.7 Å². The highest BCUT2D eigenvalue weighted by molar-refractivity contribution is 5.84. The molecule has 5 rings (SSSR count). The molecular formula is C23H27N3O3. The zero-order valence-corrected chi connectivity index (χ0v) is 16.8. The lowest BCUT2D eigenvalue weighted by Crippen LogP contribution is -2.43. The Kier molecular flexibility index (Phi) is 4.66. The molecule has 3 aliphatic heterocycles. The summed E-state index contributed by atoms with van der Waals surface area (Å²) in [7, 11) is 1.93. The normalized spacial score (nSPS) is 23.6. The van der Waals surface area contributed by atoms with Crippen LogP contribution >= 0.6 is 0 Å². The Labute approximate surface area is 171 Å². The van der Waals surface area contributed by atoms with E-state index in [2.05, 4.69) is 34.1 Å². The predicted octanol–water partition coefficient (Wildman–Crippen LogP) is 3.04. The quantitative estimate of drug-likeness (QED) is 0.802. The number of pyridine rings is 1. The summed E-state index contributed by atoms with van der Waals surface area (Å²) in [5.74, 6) is 1.62. The van der Waals surface area contributed by atoms with Crippen molar-refractivity contribution < 1.29 is 14.3 Å². The Bertz CT molecular complexity index is 890. The van der Waals surface area contributed by atoms with Gasteiger partial charge in [0.2, 0.25) is 5.91 Å². The predicted molar refractivity (Wildman–Crippen MR) is 109 cm³/mol. The van der Waals surface area contributed by atoms with Crippen LogP contribution in [0, 0.1) is 5.41 Å². The Hall–Kier alpha value is -2.60. The maximum absolute atomic E-state index is 12.5. The van der Waals surface area contributed by atoms with E-state index in [4.69, 9.17) is 9.47 Å². The molecular weight excluding hydrogens is 366 g/mol. The Morgan fingerprint density at radius 1 is 1.10 bits per heavy atom. The first-order chi connectivity index (χ1) is 14.1. The van der Waals surface area contributed by atoms with E-state index < -0.39 is 0 Å². The SMILES string of the molecule is CN1CCC2(CCN(Cc3ccc(C4COc5cccnc5O4)cc3)CC2)C1=O. The van der Waals surface area contributed by atoms with E-state index in [1.807, 2.05) is 24.1 Å². The monoisotopic (exact) mass is 393 g/mol. The lowest BCUT2D eigenvalue weighted by atomic mass is 9.77. The van der Waals surface area contributed by atoms with Crippen LogP contribution in [0.15, 0.2) is 42.6 Å². The molecule has 1 aromatic carbocycles. The van der Waals surface area contributed by atoms with Gasteiger partial charge in [-0.25, -0.2) is 4.98 Å². The molecule has 6 nitrogen and oxygen atoms in total. The van der Waals surface area contributed by atoms with E-state index >= 15 is 0 Å². The minimum absolute atomic E-state index is 0.0856. The maximum atomic E-state index is 12.5. The van der Waals surface area contributed by atoms with Crippen LogP contribution in [0.3, 0.4) is 0 Å². The molecule has 0 radical (unpaired) electrons. The van der Waals surface area contributed by atoms with Gasteiger partial charge in [0.25, 0.3) is 5.88 Å². The summed E-state index contributed by atoms with van der Waals surface area (Å²) in [6, 6.07) is 12.3. The van der Waals surface area contributed by atoms with Crippen LogP contribution in [0.5, 0.6) is 11.6 Å². The van der Waals surface area contributed by atoms with Crippen LogP contribution in [0.25, 0.3) is 0 Å². The molecule has 1 atom stereocenters. The van der Waals surface area contributed by atoms with E-state index in [1.165, 1.54) is 5.56 Å². The summed E-state index contributed by atoms with van der Waals surface area (Å²) in [6.07, 6.45) is 4.56. The number of ether oxygens (including phenoxy) is 2. The highest BCUT2D eigenvalue weighted by atomic mass is 16.6. The summed E-state index contributed by atoms with van der Waals surface area (Å²) < 4.78 is 11.8. The molecule has 2 aromatic rings. The molecule has 4 heterocycles. The molecule has 29 heavy (non-hydrogen) atoms. The highest BCUT2D eigenvalue weighted by Gasteiger charge is 2.46. The van der Waals surface area contributed by atoms with Gasteiger partial charge in [-0.3, -0.25) is 9.69 Å². The van der Waals surface area contributed by atoms with Crippen LogP contribution in [-0.2, 0) is 11.3 Å². The molecule has 1 unspecified atom stereocenters. The summed E-state index contributed by atoms with van der Waals surface area (Å²) >= 11 is 0. The first-order valence-corrected chi connectivity index (χ1v) is 10.4. The molecule has 1 aromatic heterocycles. The molecule has 0 N–H and O–H groups in total. The second kappa shape index (κ2) is 7.34. The number of aromatic nitrogens is 1. The molecule has 2 fully saturated rings. The fourth-order valence-corrected chi connectivity index (χ4v) is 4.77. The highest BCUT2D eigenvalue weighted by Crippen LogP contribution is 2.41. The van der Waals surface area contributed by atoms with Crippen molar-refractivity contribution in [3.8, 4) is 11.6 Å². The van der Waals surface area contributed by atoms with Crippen molar-refractivity contribution in [3.63, 3.8) is 0 Å². The van der Waals surface area contributed by atoms with E-state index in [0.29, 0.717) is 24.1 Å². The fourth-order valence-electron chi connectivity index (χ4n) is 4.77. The number of benzene rings is 1. The average molecular weight is 393 g/mol. The third-order valence-corrected chi connectivity index (χ3v) is 6.68. The van der Waals surface area contributed by atoms with E-state index in [0.717, 1.165) is 51.0 Å². The first kappa shape index (κ1) is 18.4. The smallest absolute Gasteiger partial charge is 0.257 e. The van der Waals surface area contributed by atoms with Gasteiger partial charge in [-0.15, -0.1) is 0 Å². The molecule has 0 bridgehead atoms. The number of rotatable bonds is 3. The summed E-state index contributed by atoms with van der Waals surface area (Å²) in [5.41, 5.74) is 2.30. The maximum Gasteiger partial charge on any atom is 0.257 e. The van der Waals surface area contributed by atoms with Crippen LogP contribution in [0.4, 0.5) is 0 Å². The van der Waals surface area contributed by atoms with Gasteiger partial charge < -0.3 is 14.4 Å². The number of hydrogen-bond acceptors (Lipinski definition) is 5. The van der Waals surface area contributed by atoms with Gasteiger partial charge in [-0.1, -0.05) is 24.3 Å². The van der Waals surface area contributed by atoms with Crippen LogP contribution < -0.4 is 9.47 Å². The van der Waals surface area contributed by atoms with E-state index in [9.17, 15) is 4.79 Å². The Balaban J connectivity index is 1.18. The van der Waals surface area contributed by atoms with Crippen molar-refractivity contribution >= 4 is 5.91 Å². The van der Waals surface area contributed by atoms with Crippen molar-refractivity contribution in [1.29, 1.82) is 0 Å². The average Bonchev–Trinajstić information content (AvgIpc) is 3.04. The third kappa shape index (κ3) is 3.46. The van der Waals surface area contributed by atoms with Crippen LogP contribution in [-0.4, -0.2) is 54.0 Å². The molecule has 3 aliphatic rings. The van der Waals surface area contributed by atoms with Crippen molar-refractivity contribution in [2.45, 2.75) is 31.9 Å². The zero-order valence-electron chi connectivity index (χ0n) is 16.8. The van der Waals surface area contributed by atoms with Gasteiger partial charge in [0.1, 0.15) is 6.61 Å². The lowest BCUT2D eigenvalue weighted by molar-refractivity contribution is -0.137. The molecule has 0 saturated carbocycles. The molecule has 0 aliphatic carbocycles. The number of nitrogens with zero attached hydrogens (tertiary/aromatic N) is 3. The van der Waals surface area contributed by atoms with Gasteiger partial charge in [-0.05, 0) is 55.6 Å². The topological polar surface area (TPSA) is 54.9 Å². The number of piperidine rings is 1. The van der Waals surface area contributed by atoms with E-state index in [-0.39, 0.29) is 11.5 Å². The standard InChI is InChI=1S/C23H27N3O3/c1-25-12-8-23(22(25)27)9-13-26(14-10-23)15-17-4-6-18(7-5-17)20-16-28-19-3-2-11-24-21(19)29-20/h2-7,11,20H,8-10,12-16H2,1H3. The van der Waals surface area contributed by atoms with Gasteiger partial charge in [0.15, 0.2) is 11.9 Å². The second-order valence-electron chi connectivity index (χ2n) is 8.50. The summed E-state index contributed by atoms with van der Waals surface area (Å²) in [6.45, 7) is 4.31. The zero-order chi connectivity index (χ0) is 19.8. The van der Waals surface area contributed by atoms with Gasteiger partial charge >= 0.3 is 0 Å². The van der Waals surface area contributed by atoms with Gasteiger partial charge in [0.05, 0.1) is 5.41 Å². The molecule has 2 saturated heterocycles. The number of amides is 1. The second-order valence-corrected chi connectivity index (χ2v) is 8.50. The van der Waals surface area contributed by atoms with Crippen LogP contribution in [0.1, 0.15) is 36.5 Å². The number of carbonyl (C=O) groups excluding carboxylic acids is 1. The van der Waals surface area contributed by atoms with Crippen LogP contribution in [0.2, 0.25) is 0 Å². The number of likely N-dealkylation sites (tertiary alicyclic amines) is 2. The first-order valence-electron chi connectivity index (χ1n) is 10.4. The molecule has 1 amide bonds. The van der Waals surface area contributed by atoms with Crippen molar-refractivity contribution in [2.24, 2.45) is 5.41 Å². The Morgan fingerprint density at radius 3 is 2.59 bits per heavy atom. The molecule has 152 valence electrons. The van der Waals surface area contributed by atoms with Gasteiger partial charge in [0, 0.05) is 26.3 Å². The number of carbonyl (C=O) groups is 1. The third-order valence-electron chi connectivity index (χ3n) is 6.68. The largest absolute Gasteiger partial charge is 0.484 e. The molecule has 6 heteroatoms. The Morgan fingerprint density at radius 2 is 1.86 bits per heavy atom. The number of fused-ring (bicyclic) bond motifs is 1. The summed E-state index contributed by atoms with van der Waals surface area (Å²) in [5, 5.41) is 0. The van der Waals surface area contributed by atoms with E-state index in [1.54, 1.807) is 6.20 Å². The van der Waals surface area contributed by atoms with Gasteiger partial charge in [-0.2, -0.15) is 0 Å². The number of hydrogen-bond donors (Lipinski definition) is 0. The minimum atomic E-state index is -0.133. The lowest BCUT2D eigenvalue weighted by Gasteiger charge is -2.37. The molecule has 1 spiro atoms. The van der Waals surface area contributed by atoms with Crippen molar-refractivity contribution in [2.75, 3.05) is 33.3 Å². The van der Waals surface area contributed by atoms with Crippen molar-refractivity contribution in [1.82, 2.24) is 14.8 Å².